The van der Waals surface area contributed by atoms with Crippen LogP contribution < -0.4 is 10.1 Å². The summed E-state index contributed by atoms with van der Waals surface area (Å²) in [6.07, 6.45) is 7.09. The average molecular weight is 446 g/mol. The van der Waals surface area contributed by atoms with Gasteiger partial charge in [-0.25, -0.2) is 9.78 Å². The zero-order valence-electron chi connectivity index (χ0n) is 18.7. The minimum Gasteiger partial charge on any atom is -0.480 e. The number of Topliss-reactive ketones (excluding diaryl/α,β-unsaturated/α-hetero) is 1. The topological polar surface area (TPSA) is 101 Å². The molecule has 0 aliphatic heterocycles. The van der Waals surface area contributed by atoms with Crippen LogP contribution in [0.1, 0.15) is 38.7 Å². The molecule has 0 radical (unpaired) electrons. The highest BCUT2D eigenvalue weighted by molar-refractivity contribution is 5.98. The third kappa shape index (κ3) is 5.37. The molecule has 2 heterocycles. The van der Waals surface area contributed by atoms with Gasteiger partial charge in [-0.3, -0.25) is 9.78 Å². The summed E-state index contributed by atoms with van der Waals surface area (Å²) < 4.78 is 5.94. The first kappa shape index (κ1) is 22.5. The molecule has 1 atom stereocenters. The molecule has 0 saturated carbocycles. The van der Waals surface area contributed by atoms with Crippen LogP contribution in [0.25, 0.3) is 10.8 Å². The smallest absolute Gasteiger partial charge is 0.326 e. The van der Waals surface area contributed by atoms with Crippen LogP contribution >= 0.6 is 0 Å². The molecule has 170 valence electrons. The van der Waals surface area contributed by atoms with Crippen molar-refractivity contribution >= 4 is 22.5 Å². The van der Waals surface area contributed by atoms with Crippen molar-refractivity contribution in [3.8, 4) is 11.6 Å². The highest BCUT2D eigenvalue weighted by Crippen LogP contribution is 2.28. The molecule has 0 spiro atoms. The summed E-state index contributed by atoms with van der Waals surface area (Å²) >= 11 is 0. The van der Waals surface area contributed by atoms with Crippen molar-refractivity contribution in [2.24, 2.45) is 5.92 Å². The molecular formula is C26H27N3O4. The second-order valence-corrected chi connectivity index (χ2v) is 8.68. The summed E-state index contributed by atoms with van der Waals surface area (Å²) in [7, 11) is 0. The Labute approximate surface area is 192 Å². The molecule has 0 unspecified atom stereocenters. The van der Waals surface area contributed by atoms with E-state index in [1.54, 1.807) is 30.7 Å². The van der Waals surface area contributed by atoms with Gasteiger partial charge < -0.3 is 15.2 Å². The first-order valence-electron chi connectivity index (χ1n) is 11.1. The Morgan fingerprint density at radius 3 is 2.58 bits per heavy atom. The van der Waals surface area contributed by atoms with Gasteiger partial charge >= 0.3 is 5.97 Å². The van der Waals surface area contributed by atoms with E-state index in [0.29, 0.717) is 43.2 Å². The van der Waals surface area contributed by atoms with Crippen LogP contribution in [0.3, 0.4) is 0 Å². The monoisotopic (exact) mass is 445 g/mol. The predicted octanol–water partition coefficient (Wildman–Crippen LogP) is 4.67. The minimum atomic E-state index is -0.946. The number of aromatic nitrogens is 2. The Bertz CT molecular complexity index is 1200. The Hall–Kier alpha value is -3.74. The van der Waals surface area contributed by atoms with E-state index in [4.69, 9.17) is 4.74 Å². The van der Waals surface area contributed by atoms with Crippen molar-refractivity contribution in [1.82, 2.24) is 15.3 Å². The molecular weight excluding hydrogens is 418 g/mol. The van der Waals surface area contributed by atoms with Crippen LogP contribution in [0, 0.1) is 5.92 Å². The third-order valence-corrected chi connectivity index (χ3v) is 5.67. The fourth-order valence-corrected chi connectivity index (χ4v) is 4.03. The number of carbonyl (C=O) groups is 2. The number of hydrogen-bond donors (Lipinski definition) is 2. The number of ether oxygens (including phenoxy) is 1. The van der Waals surface area contributed by atoms with Gasteiger partial charge in [-0.15, -0.1) is 0 Å². The van der Waals surface area contributed by atoms with Crippen LogP contribution in [0.4, 0.5) is 0 Å². The summed E-state index contributed by atoms with van der Waals surface area (Å²) in [5.41, 5.74) is 2.37. The predicted molar refractivity (Wildman–Crippen MR) is 125 cm³/mol. The second kappa shape index (κ2) is 9.81. The molecule has 33 heavy (non-hydrogen) atoms. The normalized spacial score (nSPS) is 14.7. The number of nitrogens with zero attached hydrogens (tertiary/aromatic N) is 2. The first-order valence-corrected chi connectivity index (χ1v) is 11.1. The average Bonchev–Trinajstić information content (AvgIpc) is 3.13. The lowest BCUT2D eigenvalue weighted by Gasteiger charge is -2.18. The van der Waals surface area contributed by atoms with Crippen molar-refractivity contribution in [3.63, 3.8) is 0 Å². The minimum absolute atomic E-state index is 0.120. The summed E-state index contributed by atoms with van der Waals surface area (Å²) in [5.74, 6) is 0.578. The molecule has 0 saturated heterocycles. The molecule has 0 bridgehead atoms. The first-order chi connectivity index (χ1) is 15.9. The number of pyridine rings is 2. The number of carboxylic acids is 1. The van der Waals surface area contributed by atoms with Crippen molar-refractivity contribution < 1.29 is 19.4 Å². The number of fused-ring (bicyclic) bond motifs is 1. The number of carboxylic acid groups (broad SMARTS) is 1. The maximum atomic E-state index is 12.2. The Morgan fingerprint density at radius 1 is 1.09 bits per heavy atom. The van der Waals surface area contributed by atoms with Crippen LogP contribution in [-0.2, 0) is 16.0 Å². The van der Waals surface area contributed by atoms with E-state index in [-0.39, 0.29) is 5.78 Å². The van der Waals surface area contributed by atoms with E-state index in [1.807, 2.05) is 24.3 Å². The third-order valence-electron chi connectivity index (χ3n) is 5.67. The van der Waals surface area contributed by atoms with Crippen molar-refractivity contribution in [1.29, 1.82) is 0 Å². The lowest BCUT2D eigenvalue weighted by atomic mass is 10.0. The summed E-state index contributed by atoms with van der Waals surface area (Å²) in [6.45, 7) is 4.11. The van der Waals surface area contributed by atoms with Gasteiger partial charge in [0.25, 0.3) is 0 Å². The number of aliphatic carboxylic acids is 1. The fourth-order valence-electron chi connectivity index (χ4n) is 4.03. The highest BCUT2D eigenvalue weighted by atomic mass is 16.5. The highest BCUT2D eigenvalue weighted by Gasteiger charge is 2.27. The van der Waals surface area contributed by atoms with Gasteiger partial charge in [0, 0.05) is 42.7 Å². The molecule has 0 fully saturated rings. The fraction of sp³-hybridized carbons (Fsp3) is 0.308. The molecule has 2 N–H and O–H groups in total. The largest absolute Gasteiger partial charge is 0.480 e. The zero-order chi connectivity index (χ0) is 23.4. The van der Waals surface area contributed by atoms with Crippen LogP contribution in [0.15, 0.2) is 66.3 Å². The van der Waals surface area contributed by atoms with E-state index in [2.05, 4.69) is 29.1 Å². The quantitative estimate of drug-likeness (QED) is 0.493. The molecule has 7 nitrogen and oxygen atoms in total. The lowest BCUT2D eigenvalue weighted by Crippen LogP contribution is -2.38. The van der Waals surface area contributed by atoms with Gasteiger partial charge in [0.15, 0.2) is 5.78 Å². The maximum absolute atomic E-state index is 12.2. The van der Waals surface area contributed by atoms with Gasteiger partial charge in [0.05, 0.1) is 5.39 Å². The summed E-state index contributed by atoms with van der Waals surface area (Å²) in [6, 6.07) is 10.3. The van der Waals surface area contributed by atoms with Gasteiger partial charge in [0.1, 0.15) is 11.8 Å². The number of hydrogen-bond acceptors (Lipinski definition) is 6. The van der Waals surface area contributed by atoms with E-state index in [0.717, 1.165) is 27.6 Å². The van der Waals surface area contributed by atoms with Gasteiger partial charge in [-0.2, -0.15) is 0 Å². The molecule has 1 aliphatic carbocycles. The standard InChI is InChI=1S/C26H27N3O4/c1-16(2)13-20-22(7-8-24(20)30)29-23(26(31)32)14-17-3-5-19(6-4-17)33-25-21-15-27-11-9-18(21)10-12-28-25/h3-6,9-12,15-16,23,29H,7-8,13-14H2,1-2H3,(H,31,32)/t23-/m0/s1. The molecule has 2 aromatic heterocycles. The maximum Gasteiger partial charge on any atom is 0.326 e. The van der Waals surface area contributed by atoms with E-state index in [9.17, 15) is 14.7 Å². The van der Waals surface area contributed by atoms with Gasteiger partial charge in [-0.05, 0) is 54.0 Å². The molecule has 7 heteroatoms. The number of benzene rings is 1. The molecule has 1 aromatic carbocycles. The summed E-state index contributed by atoms with van der Waals surface area (Å²) in [5, 5.41) is 14.7. The van der Waals surface area contributed by atoms with Crippen molar-refractivity contribution in [2.75, 3.05) is 0 Å². The number of rotatable bonds is 9. The van der Waals surface area contributed by atoms with Gasteiger partial charge in [-0.1, -0.05) is 26.0 Å². The molecule has 4 rings (SSSR count). The lowest BCUT2D eigenvalue weighted by molar-refractivity contribution is -0.139. The molecule has 1 aliphatic rings. The van der Waals surface area contributed by atoms with E-state index < -0.39 is 12.0 Å². The molecule has 0 amide bonds. The Kier molecular flexibility index (Phi) is 6.68. The van der Waals surface area contributed by atoms with Crippen LogP contribution in [0.2, 0.25) is 0 Å². The number of carbonyl (C=O) groups excluding carboxylic acids is 1. The van der Waals surface area contributed by atoms with Crippen molar-refractivity contribution in [3.05, 3.63) is 71.8 Å². The zero-order valence-corrected chi connectivity index (χ0v) is 18.7. The number of allylic oxidation sites excluding steroid dienone is 2. The number of nitrogens with one attached hydrogen (secondary N) is 1. The Morgan fingerprint density at radius 2 is 1.85 bits per heavy atom. The SMILES string of the molecule is CC(C)CC1=C(N[C@@H](Cc2ccc(Oc3nccc4ccncc34)cc2)C(=O)O)CCC1=O. The Balaban J connectivity index is 1.47. The second-order valence-electron chi connectivity index (χ2n) is 8.68. The molecule has 3 aromatic rings. The van der Waals surface area contributed by atoms with E-state index in [1.165, 1.54) is 0 Å². The van der Waals surface area contributed by atoms with Crippen LogP contribution in [0.5, 0.6) is 11.6 Å². The van der Waals surface area contributed by atoms with Gasteiger partial charge in [0.2, 0.25) is 5.88 Å². The van der Waals surface area contributed by atoms with E-state index >= 15 is 0 Å². The van der Waals surface area contributed by atoms with Crippen molar-refractivity contribution in [2.45, 2.75) is 45.6 Å². The summed E-state index contributed by atoms with van der Waals surface area (Å²) in [4.78, 5) is 32.6. The number of ketones is 1. The van der Waals surface area contributed by atoms with Crippen LogP contribution in [-0.4, -0.2) is 32.9 Å².